The van der Waals surface area contributed by atoms with Gasteiger partial charge >= 0.3 is 0 Å². The van der Waals surface area contributed by atoms with Gasteiger partial charge in [-0.3, -0.25) is 4.79 Å². The fourth-order valence-electron chi connectivity index (χ4n) is 2.56. The lowest BCUT2D eigenvalue weighted by molar-refractivity contribution is 0.0944. The summed E-state index contributed by atoms with van der Waals surface area (Å²) in [7, 11) is 0. The van der Waals surface area contributed by atoms with Crippen LogP contribution in [0, 0.1) is 0 Å². The first-order chi connectivity index (χ1) is 12.6. The Morgan fingerprint density at radius 1 is 1.08 bits per heavy atom. The van der Waals surface area contributed by atoms with Gasteiger partial charge in [0.1, 0.15) is 0 Å². The Kier molecular flexibility index (Phi) is 5.63. The van der Waals surface area contributed by atoms with Crippen molar-refractivity contribution >= 4 is 11.6 Å². The third-order valence-electron chi connectivity index (χ3n) is 3.74. The van der Waals surface area contributed by atoms with E-state index in [2.05, 4.69) is 20.8 Å². The Morgan fingerprint density at radius 2 is 1.81 bits per heavy atom. The highest BCUT2D eigenvalue weighted by Gasteiger charge is 2.13. The molecule has 1 aromatic heterocycles. The fraction of sp³-hybridized carbons (Fsp3) is 0.250. The Bertz CT molecular complexity index is 859. The lowest BCUT2D eigenvalue weighted by Gasteiger charge is -2.12. The Hall–Kier alpha value is -3.15. The lowest BCUT2D eigenvalue weighted by Crippen LogP contribution is -2.30. The van der Waals surface area contributed by atoms with Crippen LogP contribution in [-0.4, -0.2) is 22.1 Å². The number of carbonyl (C=O) groups excluding carboxylic acids is 1. The van der Waals surface area contributed by atoms with Crippen molar-refractivity contribution in [1.29, 1.82) is 0 Å². The highest BCUT2D eigenvalue weighted by Crippen LogP contribution is 2.16. The average molecular weight is 350 g/mol. The lowest BCUT2D eigenvalue weighted by atomic mass is 10.1. The molecule has 1 amide bonds. The van der Waals surface area contributed by atoms with Gasteiger partial charge in [-0.15, -0.1) is 0 Å². The summed E-state index contributed by atoms with van der Waals surface area (Å²) < 4.78 is 5.30. The van der Waals surface area contributed by atoms with Crippen molar-refractivity contribution in [3.05, 3.63) is 77.4 Å². The van der Waals surface area contributed by atoms with Crippen molar-refractivity contribution in [2.75, 3.05) is 5.32 Å². The summed E-state index contributed by atoms with van der Waals surface area (Å²) in [6, 6.07) is 17.4. The minimum absolute atomic E-state index is 0.0760. The van der Waals surface area contributed by atoms with Crippen LogP contribution in [-0.2, 0) is 13.0 Å². The summed E-state index contributed by atoms with van der Waals surface area (Å²) >= 11 is 0. The number of aromatic nitrogens is 2. The third-order valence-corrected chi connectivity index (χ3v) is 3.74. The number of carbonyl (C=O) groups is 1. The molecule has 2 N–H and O–H groups in total. The maximum Gasteiger partial charge on any atom is 0.253 e. The van der Waals surface area contributed by atoms with E-state index in [1.807, 2.05) is 62.4 Å². The van der Waals surface area contributed by atoms with E-state index in [-0.39, 0.29) is 11.9 Å². The second-order valence-corrected chi connectivity index (χ2v) is 6.29. The van der Waals surface area contributed by atoms with Crippen LogP contribution in [0.25, 0.3) is 0 Å². The molecule has 0 aliphatic carbocycles. The number of amides is 1. The molecule has 134 valence electrons. The molecule has 0 fully saturated rings. The van der Waals surface area contributed by atoms with Crippen molar-refractivity contribution in [3.63, 3.8) is 0 Å². The second-order valence-electron chi connectivity index (χ2n) is 6.29. The van der Waals surface area contributed by atoms with Gasteiger partial charge in [-0.2, -0.15) is 4.98 Å². The SMILES string of the molecule is CC(C)NC(=O)c1ccccc1NCc1nc(Cc2ccccc2)no1. The van der Waals surface area contributed by atoms with Crippen LogP contribution in [0.4, 0.5) is 5.69 Å². The molecule has 0 saturated carbocycles. The molecular formula is C20H22N4O2. The first kappa shape index (κ1) is 17.7. The van der Waals surface area contributed by atoms with Crippen molar-refractivity contribution < 1.29 is 9.32 Å². The predicted octanol–water partition coefficient (Wildman–Crippen LogP) is 3.41. The molecule has 6 heteroatoms. The molecule has 26 heavy (non-hydrogen) atoms. The van der Waals surface area contributed by atoms with E-state index in [9.17, 15) is 4.79 Å². The normalized spacial score (nSPS) is 10.7. The van der Waals surface area contributed by atoms with Crippen LogP contribution < -0.4 is 10.6 Å². The zero-order chi connectivity index (χ0) is 18.4. The molecule has 0 aliphatic heterocycles. The van der Waals surface area contributed by atoms with Gasteiger partial charge in [0.2, 0.25) is 5.89 Å². The summed E-state index contributed by atoms with van der Waals surface area (Å²) in [5.74, 6) is 1.01. The monoisotopic (exact) mass is 350 g/mol. The van der Waals surface area contributed by atoms with Crippen LogP contribution >= 0.6 is 0 Å². The molecule has 0 aliphatic rings. The number of anilines is 1. The molecule has 0 radical (unpaired) electrons. The fourth-order valence-corrected chi connectivity index (χ4v) is 2.56. The number of nitrogens with zero attached hydrogens (tertiary/aromatic N) is 2. The minimum Gasteiger partial charge on any atom is -0.375 e. The summed E-state index contributed by atoms with van der Waals surface area (Å²) in [5, 5.41) is 10.1. The Morgan fingerprint density at radius 3 is 2.58 bits per heavy atom. The number of nitrogens with one attached hydrogen (secondary N) is 2. The number of benzene rings is 2. The standard InChI is InChI=1S/C20H22N4O2/c1-14(2)22-20(25)16-10-6-7-11-17(16)21-13-19-23-18(24-26-19)12-15-8-4-3-5-9-15/h3-11,14,21H,12-13H2,1-2H3,(H,22,25). The van der Waals surface area contributed by atoms with Gasteiger partial charge in [0.05, 0.1) is 12.1 Å². The van der Waals surface area contributed by atoms with E-state index in [0.29, 0.717) is 30.2 Å². The topological polar surface area (TPSA) is 80.0 Å². The summed E-state index contributed by atoms with van der Waals surface area (Å²) in [6.07, 6.45) is 0.623. The Labute approximate surface area is 152 Å². The summed E-state index contributed by atoms with van der Waals surface area (Å²) in [4.78, 5) is 16.7. The van der Waals surface area contributed by atoms with Crippen LogP contribution in [0.2, 0.25) is 0 Å². The third kappa shape index (κ3) is 4.69. The van der Waals surface area contributed by atoms with Gasteiger partial charge in [0.15, 0.2) is 5.82 Å². The number of rotatable bonds is 7. The van der Waals surface area contributed by atoms with Crippen molar-refractivity contribution in [1.82, 2.24) is 15.5 Å². The van der Waals surface area contributed by atoms with E-state index < -0.39 is 0 Å². The van der Waals surface area contributed by atoms with Crippen LogP contribution in [0.1, 0.15) is 41.5 Å². The molecule has 3 aromatic rings. The summed E-state index contributed by atoms with van der Waals surface area (Å²) in [5.41, 5.74) is 2.45. The van der Waals surface area contributed by atoms with Crippen LogP contribution in [0.15, 0.2) is 59.1 Å². The Balaban J connectivity index is 1.64. The van der Waals surface area contributed by atoms with Gasteiger partial charge in [-0.1, -0.05) is 47.6 Å². The van der Waals surface area contributed by atoms with Crippen LogP contribution in [0.5, 0.6) is 0 Å². The van der Waals surface area contributed by atoms with Gasteiger partial charge in [-0.05, 0) is 31.5 Å². The maximum absolute atomic E-state index is 12.3. The predicted molar refractivity (Wildman–Crippen MR) is 99.9 cm³/mol. The van der Waals surface area contributed by atoms with Crippen LogP contribution in [0.3, 0.4) is 0 Å². The molecule has 2 aromatic carbocycles. The first-order valence-corrected chi connectivity index (χ1v) is 8.61. The largest absolute Gasteiger partial charge is 0.375 e. The quantitative estimate of drug-likeness (QED) is 0.682. The van der Waals surface area contributed by atoms with E-state index in [1.165, 1.54) is 0 Å². The maximum atomic E-state index is 12.3. The molecule has 0 spiro atoms. The zero-order valence-corrected chi connectivity index (χ0v) is 14.9. The van der Waals surface area contributed by atoms with Gasteiger partial charge in [0, 0.05) is 18.2 Å². The average Bonchev–Trinajstić information content (AvgIpc) is 3.08. The molecule has 0 saturated heterocycles. The summed E-state index contributed by atoms with van der Waals surface area (Å²) in [6.45, 7) is 4.22. The molecule has 1 heterocycles. The van der Waals surface area contributed by atoms with Gasteiger partial charge < -0.3 is 15.2 Å². The molecule has 0 bridgehead atoms. The van der Waals surface area contributed by atoms with Gasteiger partial charge in [-0.25, -0.2) is 0 Å². The molecular weight excluding hydrogens is 328 g/mol. The van der Waals surface area contributed by atoms with Crippen molar-refractivity contribution in [3.8, 4) is 0 Å². The van der Waals surface area contributed by atoms with Crippen molar-refractivity contribution in [2.45, 2.75) is 32.9 Å². The van der Waals surface area contributed by atoms with E-state index in [1.54, 1.807) is 6.07 Å². The second kappa shape index (κ2) is 8.29. The molecule has 3 rings (SSSR count). The van der Waals surface area contributed by atoms with E-state index >= 15 is 0 Å². The number of hydrogen-bond donors (Lipinski definition) is 2. The highest BCUT2D eigenvalue weighted by molar-refractivity contribution is 5.99. The molecule has 6 nitrogen and oxygen atoms in total. The zero-order valence-electron chi connectivity index (χ0n) is 14.9. The number of para-hydroxylation sites is 1. The first-order valence-electron chi connectivity index (χ1n) is 8.61. The number of hydrogen-bond acceptors (Lipinski definition) is 5. The smallest absolute Gasteiger partial charge is 0.253 e. The molecule has 0 unspecified atom stereocenters. The minimum atomic E-state index is -0.113. The molecule has 0 atom stereocenters. The van der Waals surface area contributed by atoms with E-state index in [0.717, 1.165) is 11.3 Å². The van der Waals surface area contributed by atoms with Gasteiger partial charge in [0.25, 0.3) is 5.91 Å². The van der Waals surface area contributed by atoms with Crippen molar-refractivity contribution in [2.24, 2.45) is 0 Å². The van der Waals surface area contributed by atoms with E-state index in [4.69, 9.17) is 4.52 Å². The highest BCUT2D eigenvalue weighted by atomic mass is 16.5.